The summed E-state index contributed by atoms with van der Waals surface area (Å²) in [7, 11) is 1.32. The fourth-order valence-electron chi connectivity index (χ4n) is 2.08. The third-order valence-corrected chi connectivity index (χ3v) is 3.39. The van der Waals surface area contributed by atoms with Crippen molar-refractivity contribution < 1.29 is 19.4 Å². The number of carbonyl (C=O) groups excluding carboxylic acids is 2. The molecule has 2 atom stereocenters. The molecule has 0 spiro atoms. The van der Waals surface area contributed by atoms with Crippen LogP contribution in [0.4, 0.5) is 0 Å². The van der Waals surface area contributed by atoms with E-state index in [1.807, 2.05) is 6.92 Å². The lowest BCUT2D eigenvalue weighted by Gasteiger charge is -2.31. The minimum absolute atomic E-state index is 0.152. The van der Waals surface area contributed by atoms with E-state index in [9.17, 15) is 14.7 Å². The van der Waals surface area contributed by atoms with Crippen LogP contribution in [0, 0.1) is 5.92 Å². The van der Waals surface area contributed by atoms with Crippen molar-refractivity contribution in [2.75, 3.05) is 20.3 Å². The van der Waals surface area contributed by atoms with E-state index < -0.39 is 5.92 Å². The van der Waals surface area contributed by atoms with Crippen LogP contribution in [0.3, 0.4) is 0 Å². The molecule has 0 aliphatic carbocycles. The van der Waals surface area contributed by atoms with Crippen LogP contribution in [0.2, 0.25) is 0 Å². The van der Waals surface area contributed by atoms with E-state index in [1.165, 1.54) is 24.4 Å². The Morgan fingerprint density at radius 2 is 2.00 bits per heavy atom. The summed E-state index contributed by atoms with van der Waals surface area (Å²) in [5.74, 6) is -1.06. The average molecular weight is 294 g/mol. The van der Waals surface area contributed by atoms with E-state index >= 15 is 0 Å². The van der Waals surface area contributed by atoms with E-state index in [1.54, 1.807) is 19.1 Å². The largest absolute Gasteiger partial charge is 0.469 e. The van der Waals surface area contributed by atoms with Crippen molar-refractivity contribution in [3.05, 3.63) is 30.1 Å². The van der Waals surface area contributed by atoms with Gasteiger partial charge in [-0.05, 0) is 18.6 Å². The standard InChI is InChI=1S/C15H22N2O4/c1-4-13(10-18)17(9-11(2)15(20)21-3)14(19)12-5-7-16-8-6-12/h5-8,11,13,18H,4,9-10H2,1-3H3. The molecular weight excluding hydrogens is 272 g/mol. The van der Waals surface area contributed by atoms with Gasteiger partial charge in [-0.15, -0.1) is 0 Å². The molecule has 1 heterocycles. The number of hydrogen-bond donors (Lipinski definition) is 1. The summed E-state index contributed by atoms with van der Waals surface area (Å²) in [6.07, 6.45) is 3.67. The second-order valence-corrected chi connectivity index (χ2v) is 4.86. The number of rotatable bonds is 7. The molecule has 1 N–H and O–H groups in total. The van der Waals surface area contributed by atoms with E-state index in [4.69, 9.17) is 4.74 Å². The fraction of sp³-hybridized carbons (Fsp3) is 0.533. The van der Waals surface area contributed by atoms with Crippen LogP contribution in [0.25, 0.3) is 0 Å². The average Bonchev–Trinajstić information content (AvgIpc) is 2.54. The van der Waals surface area contributed by atoms with Crippen LogP contribution in [0.1, 0.15) is 30.6 Å². The van der Waals surface area contributed by atoms with Gasteiger partial charge >= 0.3 is 5.97 Å². The first-order valence-electron chi connectivity index (χ1n) is 6.94. The number of amides is 1. The van der Waals surface area contributed by atoms with Crippen LogP contribution in [-0.2, 0) is 9.53 Å². The lowest BCUT2D eigenvalue weighted by molar-refractivity contribution is -0.145. The number of aliphatic hydroxyl groups excluding tert-OH is 1. The highest BCUT2D eigenvalue weighted by atomic mass is 16.5. The maximum Gasteiger partial charge on any atom is 0.310 e. The Kier molecular flexibility index (Phi) is 6.81. The van der Waals surface area contributed by atoms with Crippen LogP contribution in [0.15, 0.2) is 24.5 Å². The van der Waals surface area contributed by atoms with Crippen molar-refractivity contribution in [2.45, 2.75) is 26.3 Å². The van der Waals surface area contributed by atoms with E-state index in [2.05, 4.69) is 4.98 Å². The number of esters is 1. The van der Waals surface area contributed by atoms with Crippen LogP contribution in [-0.4, -0.2) is 53.2 Å². The van der Waals surface area contributed by atoms with Crippen molar-refractivity contribution in [1.29, 1.82) is 0 Å². The monoisotopic (exact) mass is 294 g/mol. The van der Waals surface area contributed by atoms with Gasteiger partial charge in [-0.25, -0.2) is 0 Å². The Morgan fingerprint density at radius 3 is 2.48 bits per heavy atom. The number of aromatic nitrogens is 1. The molecule has 0 radical (unpaired) electrons. The van der Waals surface area contributed by atoms with E-state index in [-0.39, 0.29) is 31.1 Å². The van der Waals surface area contributed by atoms with Crippen LogP contribution < -0.4 is 0 Å². The fourth-order valence-corrected chi connectivity index (χ4v) is 2.08. The molecule has 0 aliphatic rings. The maximum absolute atomic E-state index is 12.6. The summed E-state index contributed by atoms with van der Waals surface area (Å²) in [6, 6.07) is 2.89. The van der Waals surface area contributed by atoms with Gasteiger partial charge < -0.3 is 14.7 Å². The van der Waals surface area contributed by atoms with Crippen molar-refractivity contribution >= 4 is 11.9 Å². The zero-order valence-electron chi connectivity index (χ0n) is 12.7. The lowest BCUT2D eigenvalue weighted by atomic mass is 10.1. The molecule has 6 heteroatoms. The number of carbonyl (C=O) groups is 2. The highest BCUT2D eigenvalue weighted by Crippen LogP contribution is 2.14. The first-order valence-corrected chi connectivity index (χ1v) is 6.94. The van der Waals surface area contributed by atoms with E-state index in [0.717, 1.165) is 0 Å². The van der Waals surface area contributed by atoms with E-state index in [0.29, 0.717) is 12.0 Å². The number of methoxy groups -OCH3 is 1. The molecule has 2 unspecified atom stereocenters. The number of ether oxygens (including phenoxy) is 1. The Balaban J connectivity index is 2.97. The number of aliphatic hydroxyl groups is 1. The van der Waals surface area contributed by atoms with Crippen molar-refractivity contribution in [2.24, 2.45) is 5.92 Å². The van der Waals surface area contributed by atoms with Gasteiger partial charge in [0, 0.05) is 24.5 Å². The lowest BCUT2D eigenvalue weighted by Crippen LogP contribution is -2.45. The van der Waals surface area contributed by atoms with Crippen LogP contribution in [0.5, 0.6) is 0 Å². The quantitative estimate of drug-likeness (QED) is 0.762. The predicted octanol–water partition coefficient (Wildman–Crippen LogP) is 1.10. The van der Waals surface area contributed by atoms with Gasteiger partial charge in [0.25, 0.3) is 5.91 Å². The third kappa shape index (κ3) is 4.53. The summed E-state index contributed by atoms with van der Waals surface area (Å²) in [6.45, 7) is 3.63. The highest BCUT2D eigenvalue weighted by Gasteiger charge is 2.27. The van der Waals surface area contributed by atoms with Gasteiger partial charge in [0.1, 0.15) is 0 Å². The maximum atomic E-state index is 12.6. The molecule has 116 valence electrons. The molecule has 0 bridgehead atoms. The normalized spacial score (nSPS) is 13.3. The number of pyridine rings is 1. The zero-order chi connectivity index (χ0) is 15.8. The SMILES string of the molecule is CCC(CO)N(CC(C)C(=O)OC)C(=O)c1ccncc1. The molecule has 21 heavy (non-hydrogen) atoms. The molecular formula is C15H22N2O4. The van der Waals surface area contributed by atoms with Crippen molar-refractivity contribution in [3.8, 4) is 0 Å². The Labute approximate surface area is 124 Å². The smallest absolute Gasteiger partial charge is 0.310 e. The molecule has 1 rings (SSSR count). The Bertz CT molecular complexity index is 460. The minimum Gasteiger partial charge on any atom is -0.469 e. The van der Waals surface area contributed by atoms with Gasteiger partial charge in [-0.1, -0.05) is 13.8 Å². The molecule has 1 amide bonds. The summed E-state index contributed by atoms with van der Waals surface area (Å²) in [5.41, 5.74) is 0.481. The van der Waals surface area contributed by atoms with Gasteiger partial charge in [0.15, 0.2) is 0 Å². The molecule has 1 aromatic heterocycles. The summed E-state index contributed by atoms with van der Waals surface area (Å²) >= 11 is 0. The highest BCUT2D eigenvalue weighted by molar-refractivity contribution is 5.94. The number of nitrogens with zero attached hydrogens (tertiary/aromatic N) is 2. The molecule has 0 saturated heterocycles. The molecule has 0 aliphatic heterocycles. The van der Waals surface area contributed by atoms with Gasteiger partial charge in [0.2, 0.25) is 0 Å². The minimum atomic E-state index is -0.457. The second kappa shape index (κ2) is 8.36. The van der Waals surface area contributed by atoms with Crippen molar-refractivity contribution in [3.63, 3.8) is 0 Å². The first-order chi connectivity index (χ1) is 10.0. The summed E-state index contributed by atoms with van der Waals surface area (Å²) in [5, 5.41) is 9.48. The third-order valence-electron chi connectivity index (χ3n) is 3.39. The Hall–Kier alpha value is -1.95. The first kappa shape index (κ1) is 17.1. The van der Waals surface area contributed by atoms with Gasteiger partial charge in [-0.2, -0.15) is 0 Å². The Morgan fingerprint density at radius 1 is 1.38 bits per heavy atom. The second-order valence-electron chi connectivity index (χ2n) is 4.86. The summed E-state index contributed by atoms with van der Waals surface area (Å²) in [4.78, 5) is 29.6. The molecule has 0 fully saturated rings. The topological polar surface area (TPSA) is 79.7 Å². The molecule has 1 aromatic rings. The summed E-state index contributed by atoms with van der Waals surface area (Å²) < 4.78 is 4.70. The molecule has 0 saturated carbocycles. The molecule has 0 aromatic carbocycles. The van der Waals surface area contributed by atoms with Gasteiger partial charge in [-0.3, -0.25) is 14.6 Å². The number of hydrogen-bond acceptors (Lipinski definition) is 5. The van der Waals surface area contributed by atoms with Gasteiger partial charge in [0.05, 0.1) is 25.7 Å². The predicted molar refractivity (Wildman–Crippen MR) is 77.6 cm³/mol. The van der Waals surface area contributed by atoms with Crippen molar-refractivity contribution in [1.82, 2.24) is 9.88 Å². The molecule has 6 nitrogen and oxygen atoms in total. The zero-order valence-corrected chi connectivity index (χ0v) is 12.7. The van der Waals surface area contributed by atoms with Crippen LogP contribution >= 0.6 is 0 Å².